The minimum absolute atomic E-state index is 0.338. The van der Waals surface area contributed by atoms with Gasteiger partial charge in [0.25, 0.3) is 0 Å². The first kappa shape index (κ1) is 12.3. The minimum atomic E-state index is -3.13. The zero-order chi connectivity index (χ0) is 11.5. The highest BCUT2D eigenvalue weighted by molar-refractivity contribution is 7.88. The predicted octanol–water partition coefficient (Wildman–Crippen LogP) is -0.280. The summed E-state index contributed by atoms with van der Waals surface area (Å²) in [5.41, 5.74) is 0. The van der Waals surface area contributed by atoms with E-state index in [-0.39, 0.29) is 6.09 Å². The first-order chi connectivity index (χ1) is 6.95. The molecule has 1 aliphatic heterocycles. The van der Waals surface area contributed by atoms with Gasteiger partial charge in [-0.15, -0.1) is 0 Å². The fourth-order valence-electron chi connectivity index (χ4n) is 1.42. The molecule has 0 aliphatic carbocycles. The van der Waals surface area contributed by atoms with E-state index in [1.165, 1.54) is 15.5 Å². The van der Waals surface area contributed by atoms with E-state index in [9.17, 15) is 13.2 Å². The molecule has 0 bridgehead atoms. The lowest BCUT2D eigenvalue weighted by Crippen LogP contribution is -2.50. The molecule has 7 heteroatoms. The van der Waals surface area contributed by atoms with Crippen molar-refractivity contribution < 1.29 is 17.9 Å². The summed E-state index contributed by atoms with van der Waals surface area (Å²) < 4.78 is 28.5. The number of hydrogen-bond acceptors (Lipinski definition) is 4. The maximum Gasteiger partial charge on any atom is 0.409 e. The molecule has 0 aromatic carbocycles. The topological polar surface area (TPSA) is 66.9 Å². The summed E-state index contributed by atoms with van der Waals surface area (Å²) >= 11 is 0. The maximum atomic E-state index is 11.3. The molecule has 1 fully saturated rings. The summed E-state index contributed by atoms with van der Waals surface area (Å²) in [7, 11) is -3.13. The average molecular weight is 236 g/mol. The number of carbonyl (C=O) groups is 1. The lowest BCUT2D eigenvalue weighted by Gasteiger charge is -2.32. The van der Waals surface area contributed by atoms with Crippen LogP contribution in [0.1, 0.15) is 6.92 Å². The Morgan fingerprint density at radius 3 is 2.20 bits per heavy atom. The lowest BCUT2D eigenvalue weighted by atomic mass is 10.4. The Balaban J connectivity index is 2.46. The highest BCUT2D eigenvalue weighted by Gasteiger charge is 2.26. The fourth-order valence-corrected chi connectivity index (χ4v) is 2.24. The fraction of sp³-hybridized carbons (Fsp3) is 0.875. The van der Waals surface area contributed by atoms with E-state index >= 15 is 0 Å². The van der Waals surface area contributed by atoms with Gasteiger partial charge in [-0.3, -0.25) is 0 Å². The van der Waals surface area contributed by atoms with Crippen LogP contribution in [0, 0.1) is 0 Å². The summed E-state index contributed by atoms with van der Waals surface area (Å²) in [6, 6.07) is 0. The Kier molecular flexibility index (Phi) is 3.92. The third-order valence-corrected chi connectivity index (χ3v) is 3.54. The second-order valence-electron chi connectivity index (χ2n) is 3.35. The summed E-state index contributed by atoms with van der Waals surface area (Å²) in [6.45, 7) is 3.56. The van der Waals surface area contributed by atoms with Crippen LogP contribution in [-0.2, 0) is 14.8 Å². The molecule has 0 spiro atoms. The first-order valence-electron chi connectivity index (χ1n) is 4.82. The smallest absolute Gasteiger partial charge is 0.409 e. The van der Waals surface area contributed by atoms with Crippen molar-refractivity contribution >= 4 is 16.1 Å². The first-order valence-corrected chi connectivity index (χ1v) is 6.67. The number of amides is 1. The summed E-state index contributed by atoms with van der Waals surface area (Å²) in [4.78, 5) is 12.8. The van der Waals surface area contributed by atoms with Crippen molar-refractivity contribution in [2.45, 2.75) is 6.92 Å². The van der Waals surface area contributed by atoms with Gasteiger partial charge in [0.1, 0.15) is 0 Å². The van der Waals surface area contributed by atoms with Crippen molar-refractivity contribution in [2.75, 3.05) is 39.0 Å². The molecule has 15 heavy (non-hydrogen) atoms. The standard InChI is InChI=1S/C8H16N2O4S/c1-3-14-8(11)9-4-6-10(7-5-9)15(2,12)13/h3-7H2,1-2H3. The highest BCUT2D eigenvalue weighted by Crippen LogP contribution is 2.06. The van der Waals surface area contributed by atoms with Crippen LogP contribution in [0.5, 0.6) is 0 Å². The SMILES string of the molecule is CCOC(=O)N1CCN(S(C)(=O)=O)CC1. The van der Waals surface area contributed by atoms with Gasteiger partial charge in [-0.25, -0.2) is 13.2 Å². The van der Waals surface area contributed by atoms with Gasteiger partial charge in [0, 0.05) is 26.2 Å². The van der Waals surface area contributed by atoms with Crippen LogP contribution < -0.4 is 0 Å². The molecule has 88 valence electrons. The van der Waals surface area contributed by atoms with E-state index in [2.05, 4.69) is 0 Å². The molecule has 0 saturated carbocycles. The molecule has 1 rings (SSSR count). The van der Waals surface area contributed by atoms with Crippen LogP contribution in [0.4, 0.5) is 4.79 Å². The molecule has 0 aromatic heterocycles. The number of sulfonamides is 1. The van der Waals surface area contributed by atoms with Crippen LogP contribution in [0.2, 0.25) is 0 Å². The van der Waals surface area contributed by atoms with E-state index in [0.717, 1.165) is 0 Å². The Morgan fingerprint density at radius 1 is 1.27 bits per heavy atom. The maximum absolute atomic E-state index is 11.3. The van der Waals surface area contributed by atoms with Crippen molar-refractivity contribution in [3.8, 4) is 0 Å². The average Bonchev–Trinajstić information content (AvgIpc) is 2.17. The third kappa shape index (κ3) is 3.35. The van der Waals surface area contributed by atoms with Gasteiger partial charge in [-0.1, -0.05) is 0 Å². The number of carbonyl (C=O) groups excluding carboxylic acids is 1. The molecule has 1 aliphatic rings. The molecule has 0 N–H and O–H groups in total. The van der Waals surface area contributed by atoms with Crippen LogP contribution in [0.3, 0.4) is 0 Å². The second kappa shape index (κ2) is 4.80. The normalized spacial score (nSPS) is 18.9. The van der Waals surface area contributed by atoms with Crippen LogP contribution in [-0.4, -0.2) is 62.8 Å². The number of rotatable bonds is 2. The quantitative estimate of drug-likeness (QED) is 0.661. The van der Waals surface area contributed by atoms with Gasteiger partial charge >= 0.3 is 6.09 Å². The van der Waals surface area contributed by atoms with Gasteiger partial charge in [0.2, 0.25) is 10.0 Å². The molecular weight excluding hydrogens is 220 g/mol. The summed E-state index contributed by atoms with van der Waals surface area (Å²) in [5.74, 6) is 0. The zero-order valence-electron chi connectivity index (χ0n) is 8.97. The van der Waals surface area contributed by atoms with E-state index in [4.69, 9.17) is 4.74 Å². The van der Waals surface area contributed by atoms with Gasteiger partial charge in [0.15, 0.2) is 0 Å². The van der Waals surface area contributed by atoms with E-state index in [1.54, 1.807) is 6.92 Å². The molecular formula is C8H16N2O4S. The molecule has 0 unspecified atom stereocenters. The summed E-state index contributed by atoms with van der Waals surface area (Å²) in [5, 5.41) is 0. The number of hydrogen-bond donors (Lipinski definition) is 0. The lowest BCUT2D eigenvalue weighted by molar-refractivity contribution is 0.0935. The number of nitrogens with zero attached hydrogens (tertiary/aromatic N) is 2. The molecule has 1 amide bonds. The largest absolute Gasteiger partial charge is 0.450 e. The van der Waals surface area contributed by atoms with Gasteiger partial charge < -0.3 is 9.64 Å². The number of ether oxygens (including phenoxy) is 1. The third-order valence-electron chi connectivity index (χ3n) is 2.23. The molecule has 0 radical (unpaired) electrons. The highest BCUT2D eigenvalue weighted by atomic mass is 32.2. The Morgan fingerprint density at radius 2 is 1.80 bits per heavy atom. The van der Waals surface area contributed by atoms with Gasteiger partial charge in [0.05, 0.1) is 12.9 Å². The second-order valence-corrected chi connectivity index (χ2v) is 5.33. The minimum Gasteiger partial charge on any atom is -0.450 e. The van der Waals surface area contributed by atoms with Crippen LogP contribution >= 0.6 is 0 Å². The van der Waals surface area contributed by atoms with Crippen molar-refractivity contribution in [1.82, 2.24) is 9.21 Å². The van der Waals surface area contributed by atoms with E-state index < -0.39 is 10.0 Å². The zero-order valence-corrected chi connectivity index (χ0v) is 9.79. The van der Waals surface area contributed by atoms with Crippen molar-refractivity contribution in [1.29, 1.82) is 0 Å². The van der Waals surface area contributed by atoms with Crippen LogP contribution in [0.25, 0.3) is 0 Å². The molecule has 0 atom stereocenters. The molecule has 6 nitrogen and oxygen atoms in total. The molecule has 1 heterocycles. The summed E-state index contributed by atoms with van der Waals surface area (Å²) in [6.07, 6.45) is 0.804. The number of piperazine rings is 1. The Bertz CT molecular complexity index is 320. The monoisotopic (exact) mass is 236 g/mol. The van der Waals surface area contributed by atoms with Crippen LogP contribution in [0.15, 0.2) is 0 Å². The molecule has 1 saturated heterocycles. The Hall–Kier alpha value is -0.820. The van der Waals surface area contributed by atoms with Gasteiger partial charge in [-0.05, 0) is 6.92 Å². The van der Waals surface area contributed by atoms with Crippen molar-refractivity contribution in [3.63, 3.8) is 0 Å². The Labute approximate surface area is 89.8 Å². The predicted molar refractivity (Wildman–Crippen MR) is 55.0 cm³/mol. The van der Waals surface area contributed by atoms with E-state index in [0.29, 0.717) is 32.8 Å². The van der Waals surface area contributed by atoms with E-state index in [1.807, 2.05) is 0 Å². The van der Waals surface area contributed by atoms with Crippen molar-refractivity contribution in [2.24, 2.45) is 0 Å². The molecule has 0 aromatic rings. The van der Waals surface area contributed by atoms with Gasteiger partial charge in [-0.2, -0.15) is 4.31 Å². The van der Waals surface area contributed by atoms with Crippen molar-refractivity contribution in [3.05, 3.63) is 0 Å².